The molecule has 96 valence electrons. The summed E-state index contributed by atoms with van der Waals surface area (Å²) in [7, 11) is 5.24. The van der Waals surface area contributed by atoms with Crippen LogP contribution in [0.25, 0.3) is 0 Å². The normalized spacial score (nSPS) is 10.1. The largest absolute Gasteiger partial charge is 0.490 e. The predicted molar refractivity (Wildman–Crippen MR) is 67.9 cm³/mol. The molecule has 1 aromatic rings. The summed E-state index contributed by atoms with van der Waals surface area (Å²) in [5.74, 6) is 2.13. The molecule has 0 unspecified atom stereocenters. The molecule has 1 rings (SSSR count). The molecular weight excluding hydrogens is 220 g/mol. The molecule has 0 aliphatic rings. The van der Waals surface area contributed by atoms with Gasteiger partial charge in [0.15, 0.2) is 11.6 Å². The van der Waals surface area contributed by atoms with Gasteiger partial charge >= 0.3 is 0 Å². The highest BCUT2D eigenvalue weighted by atomic mass is 16.5. The van der Waals surface area contributed by atoms with E-state index < -0.39 is 0 Å². The average Bonchev–Trinajstić information content (AvgIpc) is 2.36. The first-order chi connectivity index (χ1) is 8.24. The van der Waals surface area contributed by atoms with Gasteiger partial charge < -0.3 is 19.7 Å². The van der Waals surface area contributed by atoms with Crippen molar-refractivity contribution in [2.75, 3.05) is 51.2 Å². The van der Waals surface area contributed by atoms with E-state index in [0.29, 0.717) is 18.2 Å². The van der Waals surface area contributed by atoms with Crippen LogP contribution < -0.4 is 15.0 Å². The fourth-order valence-corrected chi connectivity index (χ4v) is 1.45. The summed E-state index contributed by atoms with van der Waals surface area (Å²) in [6.07, 6.45) is 1.53. The summed E-state index contributed by atoms with van der Waals surface area (Å²) >= 11 is 0. The van der Waals surface area contributed by atoms with Crippen LogP contribution in [-0.2, 0) is 4.74 Å². The molecule has 0 aliphatic carbocycles. The molecule has 17 heavy (non-hydrogen) atoms. The van der Waals surface area contributed by atoms with Crippen LogP contribution in [-0.4, -0.2) is 50.9 Å². The Morgan fingerprint density at radius 2 is 2.12 bits per heavy atom. The van der Waals surface area contributed by atoms with Gasteiger partial charge in [-0.25, -0.2) is 9.97 Å². The van der Waals surface area contributed by atoms with E-state index in [4.69, 9.17) is 9.47 Å². The molecule has 1 heterocycles. The molecule has 0 fully saturated rings. The lowest BCUT2D eigenvalue weighted by molar-refractivity contribution is 0.206. The minimum atomic E-state index is 0.639. The van der Waals surface area contributed by atoms with Crippen molar-refractivity contribution in [2.45, 2.75) is 6.92 Å². The van der Waals surface area contributed by atoms with Gasteiger partial charge in [0.2, 0.25) is 5.75 Å². The van der Waals surface area contributed by atoms with Gasteiger partial charge in [-0.2, -0.15) is 0 Å². The lowest BCUT2D eigenvalue weighted by Gasteiger charge is -2.21. The third-order valence-corrected chi connectivity index (χ3v) is 2.33. The Balaban J connectivity index is 2.93. The molecule has 0 saturated carbocycles. The number of likely N-dealkylation sites (N-methyl/N-ethyl adjacent to an activating group) is 1. The van der Waals surface area contributed by atoms with Crippen molar-refractivity contribution in [1.82, 2.24) is 9.97 Å². The van der Waals surface area contributed by atoms with E-state index in [1.54, 1.807) is 14.2 Å². The van der Waals surface area contributed by atoms with Crippen molar-refractivity contribution < 1.29 is 9.47 Å². The van der Waals surface area contributed by atoms with Gasteiger partial charge in [-0.3, -0.25) is 0 Å². The molecule has 0 aliphatic heterocycles. The topological polar surface area (TPSA) is 59.5 Å². The number of anilines is 2. The first-order valence-corrected chi connectivity index (χ1v) is 5.57. The monoisotopic (exact) mass is 240 g/mol. The molecule has 0 amide bonds. The maximum Gasteiger partial charge on any atom is 0.204 e. The molecular formula is C11H20N4O2. The zero-order chi connectivity index (χ0) is 12.7. The summed E-state index contributed by atoms with van der Waals surface area (Å²) < 4.78 is 10.4. The van der Waals surface area contributed by atoms with Crippen LogP contribution in [0.3, 0.4) is 0 Å². The molecule has 6 nitrogen and oxygen atoms in total. The molecule has 0 bridgehead atoms. The second-order valence-electron chi connectivity index (χ2n) is 3.52. The van der Waals surface area contributed by atoms with E-state index in [1.165, 1.54) is 6.33 Å². The van der Waals surface area contributed by atoms with E-state index in [-0.39, 0.29) is 0 Å². The van der Waals surface area contributed by atoms with Crippen LogP contribution in [0.2, 0.25) is 0 Å². The van der Waals surface area contributed by atoms with Gasteiger partial charge in [-0.1, -0.05) is 0 Å². The zero-order valence-corrected chi connectivity index (χ0v) is 10.9. The van der Waals surface area contributed by atoms with E-state index >= 15 is 0 Å². The third kappa shape index (κ3) is 3.45. The quantitative estimate of drug-likeness (QED) is 0.767. The summed E-state index contributed by atoms with van der Waals surface area (Å²) in [6.45, 7) is 4.18. The number of nitrogens with zero attached hydrogens (tertiary/aromatic N) is 3. The number of methoxy groups -OCH3 is 2. The predicted octanol–water partition coefficient (Wildman–Crippen LogP) is 1.000. The fourth-order valence-electron chi connectivity index (χ4n) is 1.45. The second kappa shape index (κ2) is 6.90. The highest BCUT2D eigenvalue weighted by Crippen LogP contribution is 2.30. The van der Waals surface area contributed by atoms with Gasteiger partial charge in [-0.15, -0.1) is 0 Å². The third-order valence-electron chi connectivity index (χ3n) is 2.33. The Bertz CT molecular complexity index is 346. The molecule has 0 radical (unpaired) electrons. The van der Waals surface area contributed by atoms with E-state index in [1.807, 2.05) is 18.9 Å². The number of nitrogens with one attached hydrogen (secondary N) is 1. The Morgan fingerprint density at radius 3 is 2.71 bits per heavy atom. The number of ether oxygens (including phenoxy) is 2. The molecule has 0 atom stereocenters. The molecule has 1 N–H and O–H groups in total. The lowest BCUT2D eigenvalue weighted by Crippen LogP contribution is -2.24. The molecule has 1 aromatic heterocycles. The Kier molecular flexibility index (Phi) is 5.48. The van der Waals surface area contributed by atoms with Gasteiger partial charge in [0.1, 0.15) is 6.33 Å². The number of hydrogen-bond donors (Lipinski definition) is 1. The minimum absolute atomic E-state index is 0.639. The Hall–Kier alpha value is -1.56. The lowest BCUT2D eigenvalue weighted by atomic mass is 10.4. The number of hydrogen-bond acceptors (Lipinski definition) is 6. The number of aromatic nitrogens is 2. The van der Waals surface area contributed by atoms with Crippen LogP contribution in [0.5, 0.6) is 5.75 Å². The first-order valence-electron chi connectivity index (χ1n) is 5.57. The van der Waals surface area contributed by atoms with Crippen molar-refractivity contribution >= 4 is 11.6 Å². The molecule has 0 spiro atoms. The van der Waals surface area contributed by atoms with Gasteiger partial charge in [0.25, 0.3) is 0 Å². The molecule has 0 aromatic carbocycles. The van der Waals surface area contributed by atoms with Crippen molar-refractivity contribution in [1.29, 1.82) is 0 Å². The highest BCUT2D eigenvalue weighted by Gasteiger charge is 2.14. The smallest absolute Gasteiger partial charge is 0.204 e. The van der Waals surface area contributed by atoms with Crippen molar-refractivity contribution in [3.63, 3.8) is 0 Å². The standard InChI is InChI=1S/C11H20N4O2/c1-5-12-10-9(17-4)11(14-8-13-10)15(2)6-7-16-3/h8H,5-7H2,1-4H3,(H,12,13,14). The van der Waals surface area contributed by atoms with Crippen LogP contribution in [0.4, 0.5) is 11.6 Å². The van der Waals surface area contributed by atoms with Crippen molar-refractivity contribution in [3.8, 4) is 5.75 Å². The van der Waals surface area contributed by atoms with Crippen LogP contribution >= 0.6 is 0 Å². The summed E-state index contributed by atoms with van der Waals surface area (Å²) in [5.41, 5.74) is 0. The average molecular weight is 240 g/mol. The van der Waals surface area contributed by atoms with Gasteiger partial charge in [0.05, 0.1) is 13.7 Å². The van der Waals surface area contributed by atoms with E-state index in [2.05, 4.69) is 15.3 Å². The second-order valence-corrected chi connectivity index (χ2v) is 3.52. The summed E-state index contributed by atoms with van der Waals surface area (Å²) in [5, 5.41) is 3.14. The van der Waals surface area contributed by atoms with Gasteiger partial charge in [0, 0.05) is 27.2 Å². The van der Waals surface area contributed by atoms with E-state index in [0.717, 1.165) is 18.9 Å². The van der Waals surface area contributed by atoms with Crippen LogP contribution in [0.15, 0.2) is 6.33 Å². The van der Waals surface area contributed by atoms with Crippen LogP contribution in [0, 0.1) is 0 Å². The van der Waals surface area contributed by atoms with Gasteiger partial charge in [-0.05, 0) is 6.92 Å². The van der Waals surface area contributed by atoms with Crippen molar-refractivity contribution in [3.05, 3.63) is 6.33 Å². The Morgan fingerprint density at radius 1 is 1.35 bits per heavy atom. The molecule has 6 heteroatoms. The SMILES string of the molecule is CCNc1ncnc(N(C)CCOC)c1OC. The molecule has 0 saturated heterocycles. The van der Waals surface area contributed by atoms with E-state index in [9.17, 15) is 0 Å². The summed E-state index contributed by atoms with van der Waals surface area (Å²) in [6, 6.07) is 0. The minimum Gasteiger partial charge on any atom is -0.490 e. The maximum atomic E-state index is 5.36. The van der Waals surface area contributed by atoms with Crippen molar-refractivity contribution in [2.24, 2.45) is 0 Å². The summed E-state index contributed by atoms with van der Waals surface area (Å²) in [4.78, 5) is 10.4. The highest BCUT2D eigenvalue weighted by molar-refractivity contribution is 5.64. The first kappa shape index (κ1) is 13.5. The zero-order valence-electron chi connectivity index (χ0n) is 10.9. The maximum absolute atomic E-state index is 5.36. The Labute approximate surface area is 102 Å². The van der Waals surface area contributed by atoms with Crippen LogP contribution in [0.1, 0.15) is 6.92 Å². The number of rotatable bonds is 7. The fraction of sp³-hybridized carbons (Fsp3) is 0.636.